The van der Waals surface area contributed by atoms with Gasteiger partial charge in [-0.3, -0.25) is 4.90 Å². The number of rotatable bonds is 6. The summed E-state index contributed by atoms with van der Waals surface area (Å²) in [6.45, 7) is 12.0. The molecule has 1 atom stereocenters. The first kappa shape index (κ1) is 19.1. The molecule has 1 amide bonds. The van der Waals surface area contributed by atoms with Crippen LogP contribution >= 0.6 is 0 Å². The highest BCUT2D eigenvalue weighted by Crippen LogP contribution is 2.35. The minimum absolute atomic E-state index is 0.128. The van der Waals surface area contributed by atoms with Gasteiger partial charge < -0.3 is 9.64 Å². The Morgan fingerprint density at radius 2 is 1.85 bits per heavy atom. The average Bonchev–Trinajstić information content (AvgIpc) is 2.94. The predicted octanol–water partition coefficient (Wildman–Crippen LogP) is 3.58. The average molecular weight is 361 g/mol. The zero-order valence-corrected chi connectivity index (χ0v) is 16.6. The van der Waals surface area contributed by atoms with E-state index < -0.39 is 0 Å². The van der Waals surface area contributed by atoms with Crippen LogP contribution in [0, 0.1) is 0 Å². The zero-order chi connectivity index (χ0) is 18.7. The Balaban J connectivity index is 1.53. The van der Waals surface area contributed by atoms with Crippen LogP contribution in [0.4, 0.5) is 4.79 Å². The maximum absolute atomic E-state index is 12.3. The van der Waals surface area contributed by atoms with Crippen molar-refractivity contribution < 1.29 is 9.53 Å². The van der Waals surface area contributed by atoms with E-state index in [9.17, 15) is 4.79 Å². The summed E-state index contributed by atoms with van der Waals surface area (Å²) in [5, 5.41) is 0. The Kier molecular flexibility index (Phi) is 5.80. The van der Waals surface area contributed by atoms with Crippen molar-refractivity contribution in [3.05, 3.63) is 23.8 Å². The number of aromatic nitrogens is 2. The quantitative estimate of drug-likeness (QED) is 0.776. The predicted molar refractivity (Wildman–Crippen MR) is 101 cm³/mol. The Labute approximate surface area is 156 Å². The van der Waals surface area contributed by atoms with Crippen molar-refractivity contribution in [1.29, 1.82) is 0 Å². The van der Waals surface area contributed by atoms with Crippen LogP contribution in [0.5, 0.6) is 0 Å². The third-order valence-corrected chi connectivity index (χ3v) is 5.65. The van der Waals surface area contributed by atoms with Gasteiger partial charge in [0.2, 0.25) is 0 Å². The minimum atomic E-state index is -0.284. The lowest BCUT2D eigenvalue weighted by Gasteiger charge is -2.37. The number of ether oxygens (including phenoxy) is 1. The van der Waals surface area contributed by atoms with E-state index in [0.717, 1.165) is 63.3 Å². The number of hydrogen-bond donors (Lipinski definition) is 0. The molecule has 0 unspecified atom stereocenters. The SMILES string of the molecule is CCC[C@H](C)N1CC2(CCN(Cc3cnc(C(C)C)nc3)CC2)OC1=O. The molecule has 2 fully saturated rings. The van der Waals surface area contributed by atoms with E-state index in [1.54, 1.807) is 0 Å². The molecular weight excluding hydrogens is 328 g/mol. The van der Waals surface area contributed by atoms with Crippen molar-refractivity contribution in [2.75, 3.05) is 19.6 Å². The first-order valence-electron chi connectivity index (χ1n) is 9.95. The number of nitrogens with zero attached hydrogens (tertiary/aromatic N) is 4. The van der Waals surface area contributed by atoms with Gasteiger partial charge in [-0.05, 0) is 13.3 Å². The van der Waals surface area contributed by atoms with Crippen molar-refractivity contribution in [2.24, 2.45) is 0 Å². The lowest BCUT2D eigenvalue weighted by molar-refractivity contribution is -0.00136. The van der Waals surface area contributed by atoms with Gasteiger partial charge in [-0.25, -0.2) is 14.8 Å². The maximum atomic E-state index is 12.3. The van der Waals surface area contributed by atoms with Crippen LogP contribution in [0.25, 0.3) is 0 Å². The highest BCUT2D eigenvalue weighted by molar-refractivity contribution is 5.71. The fourth-order valence-electron chi connectivity index (χ4n) is 3.94. The van der Waals surface area contributed by atoms with E-state index in [1.165, 1.54) is 0 Å². The monoisotopic (exact) mass is 360 g/mol. The molecule has 2 aliphatic heterocycles. The molecule has 2 saturated heterocycles. The van der Waals surface area contributed by atoms with Crippen LogP contribution in [-0.4, -0.2) is 57.1 Å². The van der Waals surface area contributed by atoms with E-state index in [1.807, 2.05) is 17.3 Å². The van der Waals surface area contributed by atoms with Gasteiger partial charge in [0.15, 0.2) is 0 Å². The molecule has 0 saturated carbocycles. The second-order valence-corrected chi connectivity index (χ2v) is 8.20. The van der Waals surface area contributed by atoms with Crippen LogP contribution in [0.3, 0.4) is 0 Å². The van der Waals surface area contributed by atoms with Crippen LogP contribution in [0.15, 0.2) is 12.4 Å². The molecule has 2 aliphatic rings. The molecule has 1 aromatic rings. The lowest BCUT2D eigenvalue weighted by Crippen LogP contribution is -2.47. The van der Waals surface area contributed by atoms with Gasteiger partial charge in [0.05, 0.1) is 6.54 Å². The molecule has 0 bridgehead atoms. The smallest absolute Gasteiger partial charge is 0.410 e. The van der Waals surface area contributed by atoms with Gasteiger partial charge in [-0.15, -0.1) is 0 Å². The normalized spacial score (nSPS) is 21.4. The fraction of sp³-hybridized carbons (Fsp3) is 0.750. The summed E-state index contributed by atoms with van der Waals surface area (Å²) in [5.74, 6) is 1.25. The molecule has 1 spiro atoms. The molecular formula is C20H32N4O2. The van der Waals surface area contributed by atoms with E-state index in [2.05, 4.69) is 42.6 Å². The van der Waals surface area contributed by atoms with Gasteiger partial charge in [-0.1, -0.05) is 27.2 Å². The van der Waals surface area contributed by atoms with E-state index >= 15 is 0 Å². The Bertz CT molecular complexity index is 609. The van der Waals surface area contributed by atoms with E-state index in [4.69, 9.17) is 4.74 Å². The summed E-state index contributed by atoms with van der Waals surface area (Å²) in [6.07, 6.45) is 7.68. The lowest BCUT2D eigenvalue weighted by atomic mass is 9.91. The summed E-state index contributed by atoms with van der Waals surface area (Å²) < 4.78 is 5.85. The molecule has 3 rings (SSSR count). The number of amides is 1. The van der Waals surface area contributed by atoms with Crippen molar-refractivity contribution in [2.45, 2.75) is 77.5 Å². The van der Waals surface area contributed by atoms with E-state index in [-0.39, 0.29) is 17.7 Å². The summed E-state index contributed by atoms with van der Waals surface area (Å²) in [6, 6.07) is 0.265. The summed E-state index contributed by atoms with van der Waals surface area (Å²) in [4.78, 5) is 25.5. The standard InChI is InChI=1S/C20H32N4O2/c1-5-6-16(4)24-14-20(26-19(24)25)7-9-23(10-8-20)13-17-11-21-18(15(2)3)22-12-17/h11-12,15-16H,5-10,13-14H2,1-4H3/t16-/m0/s1. The van der Waals surface area contributed by atoms with Gasteiger partial charge in [-0.2, -0.15) is 0 Å². The van der Waals surface area contributed by atoms with Crippen molar-refractivity contribution in [3.63, 3.8) is 0 Å². The second-order valence-electron chi connectivity index (χ2n) is 8.20. The molecule has 144 valence electrons. The van der Waals surface area contributed by atoms with Crippen molar-refractivity contribution in [1.82, 2.24) is 19.8 Å². The first-order valence-corrected chi connectivity index (χ1v) is 9.95. The minimum Gasteiger partial charge on any atom is -0.441 e. The van der Waals surface area contributed by atoms with Gasteiger partial charge in [0, 0.05) is 62.4 Å². The Hall–Kier alpha value is -1.69. The van der Waals surface area contributed by atoms with Crippen molar-refractivity contribution in [3.8, 4) is 0 Å². The molecule has 1 aromatic heterocycles. The Morgan fingerprint density at radius 1 is 1.19 bits per heavy atom. The number of hydrogen-bond acceptors (Lipinski definition) is 5. The fourth-order valence-corrected chi connectivity index (χ4v) is 3.94. The van der Waals surface area contributed by atoms with Gasteiger partial charge >= 0.3 is 6.09 Å². The third-order valence-electron chi connectivity index (χ3n) is 5.65. The van der Waals surface area contributed by atoms with Crippen molar-refractivity contribution >= 4 is 6.09 Å². The molecule has 6 heteroatoms. The first-order chi connectivity index (χ1) is 12.4. The largest absolute Gasteiger partial charge is 0.441 e. The molecule has 0 aromatic carbocycles. The third kappa shape index (κ3) is 4.17. The second kappa shape index (κ2) is 7.91. The van der Waals surface area contributed by atoms with Crippen LogP contribution in [0.2, 0.25) is 0 Å². The van der Waals surface area contributed by atoms with Gasteiger partial charge in [0.25, 0.3) is 0 Å². The number of carbonyl (C=O) groups excluding carboxylic acids is 1. The highest BCUT2D eigenvalue weighted by Gasteiger charge is 2.47. The van der Waals surface area contributed by atoms with E-state index in [0.29, 0.717) is 5.92 Å². The molecule has 6 nitrogen and oxygen atoms in total. The van der Waals surface area contributed by atoms with Crippen LogP contribution < -0.4 is 0 Å². The summed E-state index contributed by atoms with van der Waals surface area (Å²) in [7, 11) is 0. The van der Waals surface area contributed by atoms with Crippen LogP contribution in [0.1, 0.15) is 70.7 Å². The topological polar surface area (TPSA) is 58.6 Å². The summed E-state index contributed by atoms with van der Waals surface area (Å²) in [5.41, 5.74) is 0.861. The molecule has 0 N–H and O–H groups in total. The number of likely N-dealkylation sites (tertiary alicyclic amines) is 1. The van der Waals surface area contributed by atoms with Crippen LogP contribution in [-0.2, 0) is 11.3 Å². The van der Waals surface area contributed by atoms with Gasteiger partial charge in [0.1, 0.15) is 11.4 Å². The molecule has 0 radical (unpaired) electrons. The molecule has 0 aliphatic carbocycles. The molecule has 26 heavy (non-hydrogen) atoms. The maximum Gasteiger partial charge on any atom is 0.410 e. The zero-order valence-electron chi connectivity index (χ0n) is 16.6. The summed E-state index contributed by atoms with van der Waals surface area (Å²) >= 11 is 0. The Morgan fingerprint density at radius 3 is 2.42 bits per heavy atom. The number of piperidine rings is 1. The number of carbonyl (C=O) groups is 1. The highest BCUT2D eigenvalue weighted by atomic mass is 16.6. The molecule has 3 heterocycles.